The molecule has 9 nitrogen and oxygen atoms in total. The first kappa shape index (κ1) is 17.2. The summed E-state index contributed by atoms with van der Waals surface area (Å²) in [6.07, 6.45) is 5.26. The quantitative estimate of drug-likeness (QED) is 0.686. The molecule has 0 bridgehead atoms. The molecule has 1 saturated heterocycles. The lowest BCUT2D eigenvalue weighted by Gasteiger charge is -2.07. The number of amides is 2. The molecular weight excluding hydrogens is 350 g/mol. The van der Waals surface area contributed by atoms with Crippen LogP contribution in [0.3, 0.4) is 0 Å². The molecule has 1 unspecified atom stereocenters. The van der Waals surface area contributed by atoms with Crippen LogP contribution in [0.1, 0.15) is 30.7 Å². The first-order chi connectivity index (χ1) is 13.3. The molecule has 3 aromatic rings. The van der Waals surface area contributed by atoms with Crippen LogP contribution in [0.4, 0.5) is 10.5 Å². The minimum Gasteiger partial charge on any atom is -0.444 e. The maximum absolute atomic E-state index is 12.1. The van der Waals surface area contributed by atoms with Gasteiger partial charge in [0, 0.05) is 30.8 Å². The highest BCUT2D eigenvalue weighted by molar-refractivity contribution is 5.89. The Morgan fingerprint density at radius 2 is 2.30 bits per heavy atom. The third-order valence-electron chi connectivity index (χ3n) is 4.16. The summed E-state index contributed by atoms with van der Waals surface area (Å²) >= 11 is 0. The van der Waals surface area contributed by atoms with Crippen molar-refractivity contribution in [3.63, 3.8) is 0 Å². The minimum absolute atomic E-state index is 0.0980. The summed E-state index contributed by atoms with van der Waals surface area (Å²) in [6.45, 7) is 1.11. The zero-order chi connectivity index (χ0) is 18.5. The molecule has 1 aliphatic heterocycles. The number of ether oxygens (including phenoxy) is 1. The molecule has 4 rings (SSSR count). The highest BCUT2D eigenvalue weighted by Gasteiger charge is 2.23. The van der Waals surface area contributed by atoms with Crippen molar-refractivity contribution in [1.29, 1.82) is 0 Å². The van der Waals surface area contributed by atoms with Crippen molar-refractivity contribution >= 4 is 11.7 Å². The molecule has 27 heavy (non-hydrogen) atoms. The Bertz CT molecular complexity index is 887. The topological polar surface area (TPSA) is 115 Å². The van der Waals surface area contributed by atoms with E-state index < -0.39 is 0 Å². The largest absolute Gasteiger partial charge is 0.444 e. The fraction of sp³-hybridized carbons (Fsp3) is 0.333. The van der Waals surface area contributed by atoms with Crippen LogP contribution in [-0.4, -0.2) is 34.3 Å². The predicted molar refractivity (Wildman–Crippen MR) is 94.9 cm³/mol. The fourth-order valence-electron chi connectivity index (χ4n) is 2.84. The monoisotopic (exact) mass is 369 g/mol. The van der Waals surface area contributed by atoms with Crippen molar-refractivity contribution in [2.24, 2.45) is 0 Å². The zero-order valence-electron chi connectivity index (χ0n) is 14.6. The fourth-order valence-corrected chi connectivity index (χ4v) is 2.84. The number of nitrogens with zero attached hydrogens (tertiary/aromatic N) is 3. The van der Waals surface area contributed by atoms with E-state index in [4.69, 9.17) is 13.7 Å². The van der Waals surface area contributed by atoms with E-state index in [9.17, 15) is 4.79 Å². The first-order valence-corrected chi connectivity index (χ1v) is 8.76. The third-order valence-corrected chi connectivity index (χ3v) is 4.16. The second-order valence-electron chi connectivity index (χ2n) is 6.13. The van der Waals surface area contributed by atoms with Crippen LogP contribution in [0.2, 0.25) is 0 Å². The van der Waals surface area contributed by atoms with Gasteiger partial charge in [0.2, 0.25) is 0 Å². The van der Waals surface area contributed by atoms with E-state index in [1.165, 1.54) is 6.39 Å². The molecule has 1 aromatic carbocycles. The standard InChI is InChI=1S/C18H19N5O4/c24-18(21-13-4-1-3-12(9-13)15-10-19-11-26-15)20-7-6-16-22-17(27-23-16)14-5-2-8-25-14/h1,3-4,9-11,14H,2,5-8H2,(H2,20,21,24). The highest BCUT2D eigenvalue weighted by atomic mass is 16.5. The van der Waals surface area contributed by atoms with Crippen LogP contribution in [0.15, 0.2) is 45.8 Å². The molecule has 1 aliphatic rings. The van der Waals surface area contributed by atoms with Gasteiger partial charge in [0.25, 0.3) is 5.89 Å². The number of oxazole rings is 1. The Kier molecular flexibility index (Phi) is 5.10. The second-order valence-corrected chi connectivity index (χ2v) is 6.13. The Labute approximate surface area is 155 Å². The van der Waals surface area contributed by atoms with Crippen molar-refractivity contribution in [3.8, 4) is 11.3 Å². The van der Waals surface area contributed by atoms with Crippen molar-refractivity contribution in [2.45, 2.75) is 25.4 Å². The summed E-state index contributed by atoms with van der Waals surface area (Å²) in [5, 5.41) is 9.49. The molecule has 0 aliphatic carbocycles. The van der Waals surface area contributed by atoms with Crippen LogP contribution < -0.4 is 10.6 Å². The molecule has 0 spiro atoms. The Hall–Kier alpha value is -3.20. The van der Waals surface area contributed by atoms with Gasteiger partial charge in [-0.15, -0.1) is 0 Å². The average molecular weight is 369 g/mol. The van der Waals surface area contributed by atoms with Crippen molar-refractivity contribution < 1.29 is 18.5 Å². The summed E-state index contributed by atoms with van der Waals surface area (Å²) in [5.74, 6) is 1.70. The Balaban J connectivity index is 1.26. The molecular formula is C18H19N5O4. The van der Waals surface area contributed by atoms with E-state index in [2.05, 4.69) is 25.8 Å². The van der Waals surface area contributed by atoms with Gasteiger partial charge < -0.3 is 24.3 Å². The van der Waals surface area contributed by atoms with E-state index in [0.29, 0.717) is 36.1 Å². The predicted octanol–water partition coefficient (Wildman–Crippen LogP) is 2.94. The van der Waals surface area contributed by atoms with E-state index in [0.717, 1.165) is 25.0 Å². The lowest BCUT2D eigenvalue weighted by Crippen LogP contribution is -2.30. The number of hydrogen-bond acceptors (Lipinski definition) is 7. The van der Waals surface area contributed by atoms with Gasteiger partial charge in [-0.05, 0) is 25.0 Å². The summed E-state index contributed by atoms with van der Waals surface area (Å²) in [6, 6.07) is 7.01. The molecule has 140 valence electrons. The summed E-state index contributed by atoms with van der Waals surface area (Å²) < 4.78 is 16.0. The Morgan fingerprint density at radius 1 is 1.33 bits per heavy atom. The van der Waals surface area contributed by atoms with Crippen LogP contribution in [0, 0.1) is 0 Å². The molecule has 2 N–H and O–H groups in total. The van der Waals surface area contributed by atoms with Crippen LogP contribution in [0.5, 0.6) is 0 Å². The highest BCUT2D eigenvalue weighted by Crippen LogP contribution is 2.27. The second kappa shape index (κ2) is 8.00. The first-order valence-electron chi connectivity index (χ1n) is 8.76. The van der Waals surface area contributed by atoms with Gasteiger partial charge in [0.05, 0.1) is 6.20 Å². The number of aromatic nitrogens is 3. The SMILES string of the molecule is O=C(NCCc1noc(C2CCCO2)n1)Nc1cccc(-c2cnco2)c1. The Morgan fingerprint density at radius 3 is 3.11 bits per heavy atom. The van der Waals surface area contributed by atoms with Crippen LogP contribution >= 0.6 is 0 Å². The van der Waals surface area contributed by atoms with E-state index in [1.54, 1.807) is 12.3 Å². The van der Waals surface area contributed by atoms with Crippen LogP contribution in [0.25, 0.3) is 11.3 Å². The molecule has 1 fully saturated rings. The number of benzene rings is 1. The summed E-state index contributed by atoms with van der Waals surface area (Å²) in [4.78, 5) is 20.3. The lowest BCUT2D eigenvalue weighted by atomic mass is 10.1. The van der Waals surface area contributed by atoms with Gasteiger partial charge in [-0.1, -0.05) is 17.3 Å². The van der Waals surface area contributed by atoms with E-state index in [-0.39, 0.29) is 12.1 Å². The van der Waals surface area contributed by atoms with Crippen molar-refractivity contribution in [1.82, 2.24) is 20.4 Å². The normalized spacial score (nSPS) is 16.4. The smallest absolute Gasteiger partial charge is 0.319 e. The zero-order valence-corrected chi connectivity index (χ0v) is 14.6. The number of hydrogen-bond donors (Lipinski definition) is 2. The van der Waals surface area contributed by atoms with Gasteiger partial charge in [0.15, 0.2) is 18.0 Å². The number of nitrogens with one attached hydrogen (secondary N) is 2. The van der Waals surface area contributed by atoms with Gasteiger partial charge in [-0.25, -0.2) is 9.78 Å². The summed E-state index contributed by atoms with van der Waals surface area (Å²) in [5.41, 5.74) is 1.49. The third kappa shape index (κ3) is 4.32. The number of rotatable bonds is 6. The summed E-state index contributed by atoms with van der Waals surface area (Å²) in [7, 11) is 0. The molecule has 9 heteroatoms. The molecule has 2 aromatic heterocycles. The average Bonchev–Trinajstić information content (AvgIpc) is 3.43. The maximum atomic E-state index is 12.1. The van der Waals surface area contributed by atoms with E-state index in [1.807, 2.05) is 18.2 Å². The molecule has 1 atom stereocenters. The van der Waals surface area contributed by atoms with Crippen LogP contribution in [-0.2, 0) is 11.2 Å². The van der Waals surface area contributed by atoms with Gasteiger partial charge in [-0.2, -0.15) is 4.98 Å². The maximum Gasteiger partial charge on any atom is 0.319 e. The number of anilines is 1. The molecule has 2 amide bonds. The van der Waals surface area contributed by atoms with Crippen molar-refractivity contribution in [2.75, 3.05) is 18.5 Å². The minimum atomic E-state index is -0.312. The van der Waals surface area contributed by atoms with Crippen molar-refractivity contribution in [3.05, 3.63) is 48.6 Å². The lowest BCUT2D eigenvalue weighted by molar-refractivity contribution is 0.0835. The number of carbonyl (C=O) groups excluding carboxylic acids is 1. The molecule has 0 radical (unpaired) electrons. The number of carbonyl (C=O) groups is 1. The van der Waals surface area contributed by atoms with E-state index >= 15 is 0 Å². The number of urea groups is 1. The molecule has 0 saturated carbocycles. The van der Waals surface area contributed by atoms with Gasteiger partial charge in [-0.3, -0.25) is 0 Å². The van der Waals surface area contributed by atoms with Gasteiger partial charge in [0.1, 0.15) is 6.10 Å². The van der Waals surface area contributed by atoms with Gasteiger partial charge >= 0.3 is 6.03 Å². The molecule has 3 heterocycles.